The molecule has 0 amide bonds. The second kappa shape index (κ2) is 9.07. The Kier molecular flexibility index (Phi) is 8.17. The molecule has 4 nitrogen and oxygen atoms in total. The molecule has 1 heterocycles. The van der Waals surface area contributed by atoms with Crippen LogP contribution in [0.3, 0.4) is 0 Å². The lowest BCUT2D eigenvalue weighted by atomic mass is 10.3. The Morgan fingerprint density at radius 1 is 1.26 bits per heavy atom. The monoisotopic (exact) mass is 368 g/mol. The van der Waals surface area contributed by atoms with Crippen molar-refractivity contribution in [3.8, 4) is 0 Å². The van der Waals surface area contributed by atoms with E-state index in [1.807, 2.05) is 19.1 Å². The molecule has 19 heavy (non-hydrogen) atoms. The van der Waals surface area contributed by atoms with Crippen molar-refractivity contribution in [1.29, 1.82) is 0 Å². The van der Waals surface area contributed by atoms with Gasteiger partial charge in [0.05, 0.1) is 9.54 Å². The van der Waals surface area contributed by atoms with E-state index in [0.717, 1.165) is 29.7 Å². The van der Waals surface area contributed by atoms with Crippen LogP contribution in [0.4, 0.5) is 0 Å². The normalized spacial score (nSPS) is 11.9. The molecule has 1 aromatic heterocycles. The standard InChI is InChI=1S/C12H21BrN2O2S2/c1-2-14-8-3-4-10-19(16,17)15-9-7-11-5-6-12(13)18-11/h5-6,14-15H,2-4,7-10H2,1H3. The highest BCUT2D eigenvalue weighted by Gasteiger charge is 2.09. The molecule has 0 unspecified atom stereocenters. The van der Waals surface area contributed by atoms with Gasteiger partial charge in [-0.05, 0) is 60.4 Å². The van der Waals surface area contributed by atoms with Crippen molar-refractivity contribution in [1.82, 2.24) is 10.0 Å². The lowest BCUT2D eigenvalue weighted by Gasteiger charge is -2.06. The molecule has 0 aliphatic heterocycles. The first-order valence-corrected chi connectivity index (χ1v) is 9.72. The fourth-order valence-electron chi connectivity index (χ4n) is 1.61. The van der Waals surface area contributed by atoms with Crippen molar-refractivity contribution in [2.45, 2.75) is 26.2 Å². The van der Waals surface area contributed by atoms with Crippen LogP contribution in [0.5, 0.6) is 0 Å². The second-order valence-corrected chi connectivity index (χ2v) is 8.70. The van der Waals surface area contributed by atoms with Crippen molar-refractivity contribution in [2.75, 3.05) is 25.4 Å². The van der Waals surface area contributed by atoms with E-state index in [1.165, 1.54) is 4.88 Å². The molecular formula is C12H21BrN2O2S2. The number of nitrogens with one attached hydrogen (secondary N) is 2. The molecular weight excluding hydrogens is 348 g/mol. The van der Waals surface area contributed by atoms with E-state index in [0.29, 0.717) is 13.0 Å². The van der Waals surface area contributed by atoms with E-state index in [-0.39, 0.29) is 5.75 Å². The molecule has 0 aliphatic carbocycles. The molecule has 0 aliphatic rings. The minimum absolute atomic E-state index is 0.215. The zero-order valence-corrected chi connectivity index (χ0v) is 14.3. The Balaban J connectivity index is 2.16. The number of sulfonamides is 1. The predicted octanol–water partition coefficient (Wildman–Crippen LogP) is 2.36. The quantitative estimate of drug-likeness (QED) is 0.623. The van der Waals surface area contributed by atoms with Crippen molar-refractivity contribution < 1.29 is 8.42 Å². The van der Waals surface area contributed by atoms with Gasteiger partial charge in [-0.2, -0.15) is 0 Å². The van der Waals surface area contributed by atoms with Gasteiger partial charge in [-0.25, -0.2) is 13.1 Å². The maximum Gasteiger partial charge on any atom is 0.211 e. The second-order valence-electron chi connectivity index (χ2n) is 4.23. The fraction of sp³-hybridized carbons (Fsp3) is 0.667. The first-order chi connectivity index (χ1) is 9.03. The van der Waals surface area contributed by atoms with Crippen LogP contribution in [0, 0.1) is 0 Å². The van der Waals surface area contributed by atoms with E-state index in [9.17, 15) is 8.42 Å². The van der Waals surface area contributed by atoms with Gasteiger partial charge in [0, 0.05) is 11.4 Å². The number of thiophene rings is 1. The van der Waals surface area contributed by atoms with Crippen LogP contribution < -0.4 is 10.0 Å². The summed E-state index contributed by atoms with van der Waals surface area (Å²) in [7, 11) is -3.12. The minimum Gasteiger partial charge on any atom is -0.317 e. The van der Waals surface area contributed by atoms with Crippen molar-refractivity contribution in [2.24, 2.45) is 0 Å². The summed E-state index contributed by atoms with van der Waals surface area (Å²) < 4.78 is 27.2. The topological polar surface area (TPSA) is 58.2 Å². The summed E-state index contributed by atoms with van der Waals surface area (Å²) in [5.74, 6) is 0.215. The van der Waals surface area contributed by atoms with Gasteiger partial charge in [0.1, 0.15) is 0 Å². The van der Waals surface area contributed by atoms with Crippen LogP contribution in [0.25, 0.3) is 0 Å². The van der Waals surface area contributed by atoms with E-state index >= 15 is 0 Å². The van der Waals surface area contributed by atoms with Crippen LogP contribution in [-0.4, -0.2) is 33.8 Å². The Bertz CT molecular complexity index is 460. The summed E-state index contributed by atoms with van der Waals surface area (Å²) in [6.45, 7) is 4.33. The maximum atomic E-state index is 11.7. The summed E-state index contributed by atoms with van der Waals surface area (Å²) in [6.07, 6.45) is 2.34. The first kappa shape index (κ1) is 17.1. The number of hydrogen-bond donors (Lipinski definition) is 2. The van der Waals surface area contributed by atoms with E-state index in [2.05, 4.69) is 26.0 Å². The zero-order valence-electron chi connectivity index (χ0n) is 11.1. The summed E-state index contributed by atoms with van der Waals surface area (Å²) in [6, 6.07) is 3.99. The molecule has 0 atom stereocenters. The maximum absolute atomic E-state index is 11.7. The summed E-state index contributed by atoms with van der Waals surface area (Å²) in [4.78, 5) is 1.18. The Hall–Kier alpha value is 0.0500. The van der Waals surface area contributed by atoms with Gasteiger partial charge < -0.3 is 5.32 Å². The number of rotatable bonds is 10. The summed E-state index contributed by atoms with van der Waals surface area (Å²) in [5, 5.41) is 3.18. The highest BCUT2D eigenvalue weighted by molar-refractivity contribution is 9.11. The molecule has 1 aromatic rings. The fourth-order valence-corrected chi connectivity index (χ4v) is 4.23. The molecule has 0 bridgehead atoms. The summed E-state index contributed by atoms with van der Waals surface area (Å²) >= 11 is 5.03. The van der Waals surface area contributed by atoms with E-state index in [4.69, 9.17) is 0 Å². The number of hydrogen-bond acceptors (Lipinski definition) is 4. The number of halogens is 1. The third kappa shape index (κ3) is 8.04. The number of unbranched alkanes of at least 4 members (excludes halogenated alkanes) is 1. The lowest BCUT2D eigenvalue weighted by molar-refractivity contribution is 0.574. The van der Waals surface area contributed by atoms with Crippen molar-refractivity contribution >= 4 is 37.3 Å². The first-order valence-electron chi connectivity index (χ1n) is 6.46. The summed E-state index contributed by atoms with van der Waals surface area (Å²) in [5.41, 5.74) is 0. The van der Waals surface area contributed by atoms with E-state index < -0.39 is 10.0 Å². The molecule has 0 saturated carbocycles. The van der Waals surface area contributed by atoms with Gasteiger partial charge in [-0.1, -0.05) is 6.92 Å². The molecule has 0 radical (unpaired) electrons. The molecule has 0 saturated heterocycles. The van der Waals surface area contributed by atoms with Gasteiger partial charge in [-0.3, -0.25) is 0 Å². The highest BCUT2D eigenvalue weighted by Crippen LogP contribution is 2.22. The van der Waals surface area contributed by atoms with Gasteiger partial charge >= 0.3 is 0 Å². The van der Waals surface area contributed by atoms with Crippen LogP contribution in [0.2, 0.25) is 0 Å². The van der Waals surface area contributed by atoms with Crippen LogP contribution in [0.1, 0.15) is 24.6 Å². The van der Waals surface area contributed by atoms with Gasteiger partial charge in [0.25, 0.3) is 0 Å². The third-order valence-corrected chi connectivity index (χ3v) is 5.74. The Morgan fingerprint density at radius 3 is 2.68 bits per heavy atom. The van der Waals surface area contributed by atoms with Crippen molar-refractivity contribution in [3.05, 3.63) is 20.8 Å². The lowest BCUT2D eigenvalue weighted by Crippen LogP contribution is -2.28. The molecule has 0 fully saturated rings. The zero-order chi connectivity index (χ0) is 14.1. The molecule has 7 heteroatoms. The average molecular weight is 369 g/mol. The SMILES string of the molecule is CCNCCCCS(=O)(=O)NCCc1ccc(Br)s1. The van der Waals surface area contributed by atoms with Crippen molar-refractivity contribution in [3.63, 3.8) is 0 Å². The molecule has 1 rings (SSSR count). The van der Waals surface area contributed by atoms with Gasteiger partial charge in [0.15, 0.2) is 0 Å². The van der Waals surface area contributed by atoms with Crippen LogP contribution in [-0.2, 0) is 16.4 Å². The van der Waals surface area contributed by atoms with Gasteiger partial charge in [0.2, 0.25) is 10.0 Å². The molecule has 0 aromatic carbocycles. The van der Waals surface area contributed by atoms with Gasteiger partial charge in [-0.15, -0.1) is 11.3 Å². The smallest absolute Gasteiger partial charge is 0.211 e. The largest absolute Gasteiger partial charge is 0.317 e. The highest BCUT2D eigenvalue weighted by atomic mass is 79.9. The predicted molar refractivity (Wildman–Crippen MR) is 85.3 cm³/mol. The Labute approximate surface area is 128 Å². The van der Waals surface area contributed by atoms with Crippen LogP contribution in [0.15, 0.2) is 15.9 Å². The third-order valence-electron chi connectivity index (χ3n) is 2.59. The molecule has 110 valence electrons. The minimum atomic E-state index is -3.12. The Morgan fingerprint density at radius 2 is 2.05 bits per heavy atom. The molecule has 2 N–H and O–H groups in total. The molecule has 0 spiro atoms. The van der Waals surface area contributed by atoms with Crippen LogP contribution >= 0.6 is 27.3 Å². The van der Waals surface area contributed by atoms with E-state index in [1.54, 1.807) is 11.3 Å². The average Bonchev–Trinajstić information content (AvgIpc) is 2.74.